The van der Waals surface area contributed by atoms with Crippen LogP contribution in [0.25, 0.3) is 0 Å². The third-order valence-corrected chi connectivity index (χ3v) is 3.10. The first kappa shape index (κ1) is 18.0. The lowest BCUT2D eigenvalue weighted by Crippen LogP contribution is -2.23. The number of carbonyl (C=O) groups is 3. The number of hydrogen-bond donors (Lipinski definition) is 3. The molecule has 0 fully saturated rings. The molecule has 3 N–H and O–H groups in total. The van der Waals surface area contributed by atoms with E-state index in [4.69, 9.17) is 11.6 Å². The Morgan fingerprint density at radius 3 is 2.50 bits per heavy atom. The maximum absolute atomic E-state index is 11.7. The molecule has 0 bridgehead atoms. The van der Waals surface area contributed by atoms with Gasteiger partial charge in [0, 0.05) is 32.1 Å². The monoisotopic (exact) mass is 325 g/mol. The summed E-state index contributed by atoms with van der Waals surface area (Å²) in [5.41, 5.74) is 0.898. The average Bonchev–Trinajstić information content (AvgIpc) is 2.43. The lowest BCUT2D eigenvalue weighted by molar-refractivity contribution is -0.119. The van der Waals surface area contributed by atoms with Crippen molar-refractivity contribution in [3.8, 4) is 0 Å². The summed E-state index contributed by atoms with van der Waals surface area (Å²) in [6.07, 6.45) is 0.839. The molecule has 22 heavy (non-hydrogen) atoms. The van der Waals surface area contributed by atoms with Crippen LogP contribution in [0, 0.1) is 0 Å². The van der Waals surface area contributed by atoms with Crippen LogP contribution in [0.5, 0.6) is 0 Å². The van der Waals surface area contributed by atoms with Gasteiger partial charge in [0.15, 0.2) is 0 Å². The first-order valence-electron chi connectivity index (χ1n) is 7.06. The molecule has 0 atom stereocenters. The van der Waals surface area contributed by atoms with Crippen molar-refractivity contribution in [1.82, 2.24) is 10.6 Å². The second-order valence-corrected chi connectivity index (χ2v) is 5.10. The fraction of sp³-hybridized carbons (Fsp3) is 0.400. The van der Waals surface area contributed by atoms with E-state index in [1.807, 2.05) is 6.92 Å². The highest BCUT2D eigenvalue weighted by Crippen LogP contribution is 2.21. The number of hydrogen-bond acceptors (Lipinski definition) is 3. The molecule has 0 unspecified atom stereocenters. The van der Waals surface area contributed by atoms with Gasteiger partial charge in [-0.1, -0.05) is 11.6 Å². The van der Waals surface area contributed by atoms with Crippen LogP contribution in [-0.4, -0.2) is 30.8 Å². The normalized spacial score (nSPS) is 9.95. The third kappa shape index (κ3) is 6.13. The van der Waals surface area contributed by atoms with E-state index in [1.54, 1.807) is 12.1 Å². The molecule has 0 saturated carbocycles. The van der Waals surface area contributed by atoms with Gasteiger partial charge < -0.3 is 16.0 Å². The number of nitrogens with one attached hydrogen (secondary N) is 3. The molecule has 0 aliphatic carbocycles. The minimum atomic E-state index is -0.249. The predicted octanol–water partition coefficient (Wildman–Crippen LogP) is 1.94. The highest BCUT2D eigenvalue weighted by molar-refractivity contribution is 6.34. The maximum Gasteiger partial charge on any atom is 0.252 e. The molecule has 6 nitrogen and oxygen atoms in total. The van der Waals surface area contributed by atoms with E-state index in [9.17, 15) is 14.4 Å². The lowest BCUT2D eigenvalue weighted by Gasteiger charge is -2.09. The van der Waals surface area contributed by atoms with Crippen molar-refractivity contribution in [1.29, 1.82) is 0 Å². The van der Waals surface area contributed by atoms with Gasteiger partial charge in [0.25, 0.3) is 5.91 Å². The lowest BCUT2D eigenvalue weighted by atomic mass is 10.2. The van der Waals surface area contributed by atoms with Gasteiger partial charge in [-0.05, 0) is 31.5 Å². The predicted molar refractivity (Wildman–Crippen MR) is 86.0 cm³/mol. The maximum atomic E-state index is 11.7. The molecular weight excluding hydrogens is 306 g/mol. The number of amides is 3. The van der Waals surface area contributed by atoms with Crippen molar-refractivity contribution in [3.05, 3.63) is 28.8 Å². The van der Waals surface area contributed by atoms with Crippen molar-refractivity contribution in [2.45, 2.75) is 26.7 Å². The summed E-state index contributed by atoms with van der Waals surface area (Å²) in [6.45, 7) is 4.22. The molecule has 0 saturated heterocycles. The van der Waals surface area contributed by atoms with Gasteiger partial charge in [0.2, 0.25) is 11.8 Å². The average molecular weight is 326 g/mol. The smallest absolute Gasteiger partial charge is 0.252 e. The Labute approximate surface area is 134 Å². The van der Waals surface area contributed by atoms with Crippen molar-refractivity contribution in [2.75, 3.05) is 18.4 Å². The molecule has 120 valence electrons. The van der Waals surface area contributed by atoms with Gasteiger partial charge >= 0.3 is 0 Å². The molecule has 0 aromatic heterocycles. The van der Waals surface area contributed by atoms with E-state index in [1.165, 1.54) is 13.0 Å². The second-order valence-electron chi connectivity index (χ2n) is 4.69. The second kappa shape index (κ2) is 9.04. The van der Waals surface area contributed by atoms with Gasteiger partial charge in [-0.25, -0.2) is 0 Å². The van der Waals surface area contributed by atoms with Crippen LogP contribution in [0.4, 0.5) is 5.69 Å². The number of carbonyl (C=O) groups excluding carboxylic acids is 3. The highest BCUT2D eigenvalue weighted by Gasteiger charge is 2.11. The summed E-state index contributed by atoms with van der Waals surface area (Å²) in [5, 5.41) is 8.26. The van der Waals surface area contributed by atoms with Crippen molar-refractivity contribution in [2.24, 2.45) is 0 Å². The van der Waals surface area contributed by atoms with Gasteiger partial charge in [-0.2, -0.15) is 0 Å². The Morgan fingerprint density at radius 2 is 1.91 bits per heavy atom. The minimum Gasteiger partial charge on any atom is -0.356 e. The molecular formula is C15H20ClN3O3. The zero-order valence-corrected chi connectivity index (χ0v) is 13.4. The molecule has 0 heterocycles. The van der Waals surface area contributed by atoms with Crippen LogP contribution in [0.1, 0.15) is 37.0 Å². The molecule has 1 rings (SSSR count). The van der Waals surface area contributed by atoms with Crippen LogP contribution in [-0.2, 0) is 9.59 Å². The minimum absolute atomic E-state index is 0.117. The number of benzene rings is 1. The zero-order valence-electron chi connectivity index (χ0n) is 12.7. The standard InChI is InChI=1S/C15H20ClN3O3/c1-3-17-15(22)12-7-6-11(9-13(12)16)19-14(21)5-4-8-18-10(2)20/h6-7,9H,3-5,8H2,1-2H3,(H,17,22)(H,18,20)(H,19,21). The molecule has 7 heteroatoms. The number of halogens is 1. The molecule has 0 aliphatic heterocycles. The van der Waals surface area contributed by atoms with Crippen LogP contribution >= 0.6 is 11.6 Å². The van der Waals surface area contributed by atoms with Crippen molar-refractivity contribution < 1.29 is 14.4 Å². The highest BCUT2D eigenvalue weighted by atomic mass is 35.5. The van der Waals surface area contributed by atoms with Gasteiger partial charge in [-0.3, -0.25) is 14.4 Å². The molecule has 1 aromatic rings. The first-order valence-corrected chi connectivity index (χ1v) is 7.44. The molecule has 1 aromatic carbocycles. The molecule has 0 spiro atoms. The largest absolute Gasteiger partial charge is 0.356 e. The third-order valence-electron chi connectivity index (χ3n) is 2.79. The molecule has 0 radical (unpaired) electrons. The van der Waals surface area contributed by atoms with Gasteiger partial charge in [-0.15, -0.1) is 0 Å². The fourth-order valence-electron chi connectivity index (χ4n) is 1.77. The first-order chi connectivity index (χ1) is 10.4. The number of rotatable bonds is 7. The SMILES string of the molecule is CCNC(=O)c1ccc(NC(=O)CCCNC(C)=O)cc1Cl. The summed E-state index contributed by atoms with van der Waals surface area (Å²) in [5.74, 6) is -0.541. The Balaban J connectivity index is 2.52. The van der Waals surface area contributed by atoms with Crippen molar-refractivity contribution >= 4 is 35.0 Å². The van der Waals surface area contributed by atoms with E-state index < -0.39 is 0 Å². The van der Waals surface area contributed by atoms with Gasteiger partial charge in [0.1, 0.15) is 0 Å². The molecule has 0 aliphatic rings. The number of anilines is 1. The van der Waals surface area contributed by atoms with E-state index in [-0.39, 0.29) is 29.2 Å². The van der Waals surface area contributed by atoms with Crippen LogP contribution in [0.2, 0.25) is 5.02 Å². The Hall–Kier alpha value is -2.08. The van der Waals surface area contributed by atoms with E-state index in [2.05, 4.69) is 16.0 Å². The quantitative estimate of drug-likeness (QED) is 0.669. The van der Waals surface area contributed by atoms with Crippen LogP contribution in [0.3, 0.4) is 0 Å². The Bertz CT molecular complexity index is 561. The molecule has 3 amide bonds. The van der Waals surface area contributed by atoms with E-state index in [0.717, 1.165) is 0 Å². The summed E-state index contributed by atoms with van der Waals surface area (Å²) < 4.78 is 0. The van der Waals surface area contributed by atoms with Crippen molar-refractivity contribution in [3.63, 3.8) is 0 Å². The van der Waals surface area contributed by atoms with E-state index in [0.29, 0.717) is 30.8 Å². The van der Waals surface area contributed by atoms with Crippen LogP contribution < -0.4 is 16.0 Å². The van der Waals surface area contributed by atoms with E-state index >= 15 is 0 Å². The van der Waals surface area contributed by atoms with Crippen LogP contribution in [0.15, 0.2) is 18.2 Å². The summed E-state index contributed by atoms with van der Waals surface area (Å²) in [7, 11) is 0. The summed E-state index contributed by atoms with van der Waals surface area (Å²) >= 11 is 6.05. The Kier molecular flexibility index (Phi) is 7.39. The Morgan fingerprint density at radius 1 is 1.18 bits per heavy atom. The summed E-state index contributed by atoms with van der Waals surface area (Å²) in [6, 6.07) is 4.74. The summed E-state index contributed by atoms with van der Waals surface area (Å²) in [4.78, 5) is 34.1. The van der Waals surface area contributed by atoms with Gasteiger partial charge in [0.05, 0.1) is 10.6 Å². The topological polar surface area (TPSA) is 87.3 Å². The fourth-order valence-corrected chi connectivity index (χ4v) is 2.04. The zero-order chi connectivity index (χ0) is 16.5.